The molecular weight excluding hydrogens is 536 g/mol. The lowest BCUT2D eigenvalue weighted by molar-refractivity contribution is 0.846. The molecule has 1 N–H and O–H groups in total. The zero-order chi connectivity index (χ0) is 28.8. The SMILES string of the molecule is c1ccc(C2=Nc3c(n4c5ccccc5c5ccc6c7ccccc7n(c7ccc(-c8ccccc8)cc37)c6c54)CN2)cc1. The van der Waals surface area contributed by atoms with Gasteiger partial charge in [0.15, 0.2) is 0 Å². The number of aromatic nitrogens is 2. The fourth-order valence-electron chi connectivity index (χ4n) is 7.39. The second kappa shape index (κ2) is 8.82. The van der Waals surface area contributed by atoms with Gasteiger partial charge in [-0.25, -0.2) is 4.99 Å². The maximum absolute atomic E-state index is 5.48. The molecule has 0 radical (unpaired) electrons. The highest BCUT2D eigenvalue weighted by Crippen LogP contribution is 2.43. The summed E-state index contributed by atoms with van der Waals surface area (Å²) in [6.07, 6.45) is 0. The molecule has 4 heterocycles. The minimum absolute atomic E-state index is 0.655. The van der Waals surface area contributed by atoms with Crippen molar-refractivity contribution in [3.8, 4) is 11.1 Å². The molecule has 9 aromatic rings. The maximum atomic E-state index is 5.48. The van der Waals surface area contributed by atoms with Crippen LogP contribution in [0.1, 0.15) is 11.3 Å². The van der Waals surface area contributed by atoms with Crippen LogP contribution in [0.4, 0.5) is 5.69 Å². The molecule has 1 aliphatic rings. The van der Waals surface area contributed by atoms with E-state index in [1.807, 2.05) is 0 Å². The lowest BCUT2D eigenvalue weighted by Gasteiger charge is -2.21. The van der Waals surface area contributed by atoms with E-state index in [2.05, 4.69) is 154 Å². The van der Waals surface area contributed by atoms with Crippen molar-refractivity contribution in [1.82, 2.24) is 14.1 Å². The first-order valence-corrected chi connectivity index (χ1v) is 15.1. The van der Waals surface area contributed by atoms with E-state index >= 15 is 0 Å². The largest absolute Gasteiger partial charge is 0.364 e. The summed E-state index contributed by atoms with van der Waals surface area (Å²) >= 11 is 0. The van der Waals surface area contributed by atoms with Gasteiger partial charge in [-0.3, -0.25) is 0 Å². The Kier molecular flexibility index (Phi) is 4.74. The average Bonchev–Trinajstić information content (AvgIpc) is 3.61. The lowest BCUT2D eigenvalue weighted by Crippen LogP contribution is -2.28. The van der Waals surface area contributed by atoms with E-state index < -0.39 is 0 Å². The van der Waals surface area contributed by atoms with Crippen molar-refractivity contribution in [2.75, 3.05) is 0 Å². The van der Waals surface area contributed by atoms with Gasteiger partial charge in [-0.05, 0) is 35.4 Å². The van der Waals surface area contributed by atoms with E-state index in [0.29, 0.717) is 6.54 Å². The Morgan fingerprint density at radius 2 is 1.02 bits per heavy atom. The van der Waals surface area contributed by atoms with Crippen molar-refractivity contribution in [2.24, 2.45) is 4.99 Å². The number of nitrogens with one attached hydrogen (secondary N) is 1. The summed E-state index contributed by atoms with van der Waals surface area (Å²) in [4.78, 5) is 5.48. The van der Waals surface area contributed by atoms with Gasteiger partial charge in [0.05, 0.1) is 45.5 Å². The fraction of sp³-hybridized carbons (Fsp3) is 0.0250. The summed E-state index contributed by atoms with van der Waals surface area (Å²) < 4.78 is 4.96. The summed E-state index contributed by atoms with van der Waals surface area (Å²) in [5.41, 5.74) is 11.6. The summed E-state index contributed by atoms with van der Waals surface area (Å²) in [5.74, 6) is 0.893. The van der Waals surface area contributed by atoms with E-state index in [9.17, 15) is 0 Å². The number of amidine groups is 1. The smallest absolute Gasteiger partial charge is 0.134 e. The zero-order valence-corrected chi connectivity index (χ0v) is 23.8. The normalized spacial score (nSPS) is 13.2. The number of hydrogen-bond donors (Lipinski definition) is 1. The van der Waals surface area contributed by atoms with Crippen LogP contribution in [0.3, 0.4) is 0 Å². The number of rotatable bonds is 2. The third kappa shape index (κ3) is 3.14. The number of benzene rings is 6. The van der Waals surface area contributed by atoms with Gasteiger partial charge < -0.3 is 14.1 Å². The molecular formula is C40H26N4. The van der Waals surface area contributed by atoms with Crippen LogP contribution in [0, 0.1) is 0 Å². The number of aliphatic imine (C=N–C) groups is 1. The van der Waals surface area contributed by atoms with E-state index in [-0.39, 0.29) is 0 Å². The molecule has 0 aliphatic carbocycles. The first-order chi connectivity index (χ1) is 21.8. The molecule has 6 aromatic carbocycles. The first-order valence-electron chi connectivity index (χ1n) is 15.1. The quantitative estimate of drug-likeness (QED) is 0.224. The summed E-state index contributed by atoms with van der Waals surface area (Å²) in [7, 11) is 0. The molecule has 0 fully saturated rings. The van der Waals surface area contributed by atoms with Crippen LogP contribution in [0.25, 0.3) is 65.6 Å². The number of para-hydroxylation sites is 2. The zero-order valence-electron chi connectivity index (χ0n) is 23.8. The molecule has 1 aliphatic heterocycles. The van der Waals surface area contributed by atoms with Crippen LogP contribution in [-0.2, 0) is 6.54 Å². The lowest BCUT2D eigenvalue weighted by atomic mass is 10.0. The average molecular weight is 563 g/mol. The molecule has 4 heteroatoms. The highest BCUT2D eigenvalue weighted by molar-refractivity contribution is 6.24. The third-order valence-electron chi connectivity index (χ3n) is 9.31. The molecule has 3 aromatic heterocycles. The van der Waals surface area contributed by atoms with Gasteiger partial charge in [0, 0.05) is 32.5 Å². The Morgan fingerprint density at radius 1 is 0.455 bits per heavy atom. The molecule has 0 bridgehead atoms. The molecule has 0 spiro atoms. The van der Waals surface area contributed by atoms with Crippen molar-refractivity contribution in [1.29, 1.82) is 0 Å². The maximum Gasteiger partial charge on any atom is 0.134 e. The molecule has 0 unspecified atom stereocenters. The van der Waals surface area contributed by atoms with Gasteiger partial charge in [-0.1, -0.05) is 115 Å². The Bertz CT molecular complexity index is 2640. The van der Waals surface area contributed by atoms with E-state index in [0.717, 1.165) is 33.7 Å². The summed E-state index contributed by atoms with van der Waals surface area (Å²) in [5, 5.41) is 9.85. The summed E-state index contributed by atoms with van der Waals surface area (Å²) in [6, 6.07) is 50.2. The molecule has 0 amide bonds. The van der Waals surface area contributed by atoms with E-state index in [1.165, 1.54) is 54.7 Å². The first kappa shape index (κ1) is 23.7. The van der Waals surface area contributed by atoms with Crippen LogP contribution in [0.2, 0.25) is 0 Å². The van der Waals surface area contributed by atoms with E-state index in [1.54, 1.807) is 0 Å². The Hall–Kier alpha value is -5.87. The number of fused-ring (bicyclic) bond motifs is 11. The topological polar surface area (TPSA) is 33.2 Å². The minimum Gasteiger partial charge on any atom is -0.364 e. The second-order valence-electron chi connectivity index (χ2n) is 11.6. The standard InChI is InChI=1S/C40H26N4/c1-3-11-25(12-4-1)27-19-22-35-32(23-27)37-36(24-41-40(42-37)26-13-5-2-6-14-26)44-34-18-10-8-16-29(34)31-21-20-30-28-15-7-9-17-33(28)43(35)38(30)39(31)44/h1-23H,24H2,(H,41,42). The van der Waals surface area contributed by atoms with Crippen molar-refractivity contribution >= 4 is 66.0 Å². The Labute approximate surface area is 253 Å². The minimum atomic E-state index is 0.655. The van der Waals surface area contributed by atoms with Gasteiger partial charge in [-0.2, -0.15) is 0 Å². The predicted octanol–water partition coefficient (Wildman–Crippen LogP) is 9.65. The molecule has 0 saturated heterocycles. The van der Waals surface area contributed by atoms with Crippen LogP contribution < -0.4 is 5.32 Å². The molecule has 44 heavy (non-hydrogen) atoms. The van der Waals surface area contributed by atoms with Gasteiger partial charge in [0.25, 0.3) is 0 Å². The second-order valence-corrected chi connectivity index (χ2v) is 11.6. The van der Waals surface area contributed by atoms with E-state index in [4.69, 9.17) is 4.99 Å². The van der Waals surface area contributed by atoms with Crippen LogP contribution >= 0.6 is 0 Å². The number of nitrogens with zero attached hydrogens (tertiary/aromatic N) is 3. The highest BCUT2D eigenvalue weighted by Gasteiger charge is 2.24. The predicted molar refractivity (Wildman–Crippen MR) is 183 cm³/mol. The number of hydrogen-bond acceptors (Lipinski definition) is 2. The molecule has 10 rings (SSSR count). The van der Waals surface area contributed by atoms with Gasteiger partial charge in [-0.15, -0.1) is 0 Å². The Morgan fingerprint density at radius 3 is 1.73 bits per heavy atom. The van der Waals surface area contributed by atoms with Gasteiger partial charge >= 0.3 is 0 Å². The summed E-state index contributed by atoms with van der Waals surface area (Å²) in [6.45, 7) is 0.655. The molecule has 206 valence electrons. The van der Waals surface area contributed by atoms with Gasteiger partial charge in [0.2, 0.25) is 0 Å². The van der Waals surface area contributed by atoms with Crippen LogP contribution in [0.5, 0.6) is 0 Å². The third-order valence-corrected chi connectivity index (χ3v) is 9.31. The fourth-order valence-corrected chi connectivity index (χ4v) is 7.39. The molecule has 4 nitrogen and oxygen atoms in total. The van der Waals surface area contributed by atoms with Gasteiger partial charge in [0.1, 0.15) is 5.84 Å². The van der Waals surface area contributed by atoms with Crippen LogP contribution in [0.15, 0.2) is 145 Å². The van der Waals surface area contributed by atoms with Crippen LogP contribution in [-0.4, -0.2) is 14.6 Å². The van der Waals surface area contributed by atoms with Crippen molar-refractivity contribution < 1.29 is 0 Å². The van der Waals surface area contributed by atoms with Crippen molar-refractivity contribution in [3.05, 3.63) is 151 Å². The highest BCUT2D eigenvalue weighted by atomic mass is 15.1. The Balaban J connectivity index is 1.52. The molecule has 0 atom stereocenters. The molecule has 0 saturated carbocycles. The van der Waals surface area contributed by atoms with Crippen molar-refractivity contribution in [3.63, 3.8) is 0 Å². The monoisotopic (exact) mass is 562 g/mol. The van der Waals surface area contributed by atoms with Crippen molar-refractivity contribution in [2.45, 2.75) is 6.54 Å².